The van der Waals surface area contributed by atoms with E-state index in [1.54, 1.807) is 0 Å². The number of hydrogen-bond donors (Lipinski definition) is 1. The maximum atomic E-state index is 6.38. The summed E-state index contributed by atoms with van der Waals surface area (Å²) in [5.74, 6) is 0. The highest BCUT2D eigenvalue weighted by Gasteiger charge is 2.29. The van der Waals surface area contributed by atoms with E-state index in [9.17, 15) is 0 Å². The molecule has 0 aliphatic carbocycles. The van der Waals surface area contributed by atoms with Crippen LogP contribution < -0.4 is 5.32 Å². The molecule has 0 spiro atoms. The molecule has 0 aliphatic heterocycles. The summed E-state index contributed by atoms with van der Waals surface area (Å²) < 4.78 is 0. The summed E-state index contributed by atoms with van der Waals surface area (Å²) >= 11 is 12.8. The fourth-order valence-electron chi connectivity index (χ4n) is 2.82. The van der Waals surface area contributed by atoms with Crippen LogP contribution in [0.2, 0.25) is 10.0 Å². The van der Waals surface area contributed by atoms with Crippen molar-refractivity contribution in [1.29, 1.82) is 0 Å². The summed E-state index contributed by atoms with van der Waals surface area (Å²) in [5, 5.41) is 5.21. The van der Waals surface area contributed by atoms with Crippen molar-refractivity contribution in [2.24, 2.45) is 5.41 Å². The van der Waals surface area contributed by atoms with Gasteiger partial charge >= 0.3 is 0 Å². The lowest BCUT2D eigenvalue weighted by molar-refractivity contribution is 0.229. The van der Waals surface area contributed by atoms with Gasteiger partial charge in [0.05, 0.1) is 0 Å². The number of nitrogens with one attached hydrogen (secondary N) is 1. The van der Waals surface area contributed by atoms with Gasteiger partial charge in [0.1, 0.15) is 0 Å². The molecule has 1 atom stereocenters. The van der Waals surface area contributed by atoms with E-state index < -0.39 is 0 Å². The van der Waals surface area contributed by atoms with Crippen LogP contribution in [0.15, 0.2) is 18.2 Å². The van der Waals surface area contributed by atoms with E-state index in [1.165, 1.54) is 25.7 Å². The first kappa shape index (κ1) is 18.8. The van der Waals surface area contributed by atoms with Gasteiger partial charge in [0.15, 0.2) is 0 Å². The third kappa shape index (κ3) is 5.81. The Balaban J connectivity index is 2.93. The van der Waals surface area contributed by atoms with E-state index in [2.05, 4.69) is 26.1 Å². The quantitative estimate of drug-likeness (QED) is 0.509. The van der Waals surface area contributed by atoms with Gasteiger partial charge in [-0.25, -0.2) is 0 Å². The molecule has 1 unspecified atom stereocenters. The molecule has 0 saturated heterocycles. The van der Waals surface area contributed by atoms with Gasteiger partial charge in [-0.1, -0.05) is 62.9 Å². The van der Waals surface area contributed by atoms with E-state index >= 15 is 0 Å². The molecule has 3 heteroatoms. The van der Waals surface area contributed by atoms with E-state index in [0.29, 0.717) is 0 Å². The van der Waals surface area contributed by atoms with Crippen molar-refractivity contribution in [2.45, 2.75) is 59.3 Å². The lowest BCUT2D eigenvalue weighted by Gasteiger charge is -2.34. The van der Waals surface area contributed by atoms with Crippen LogP contribution in [0.25, 0.3) is 0 Å². The predicted molar refractivity (Wildman–Crippen MR) is 95.6 cm³/mol. The van der Waals surface area contributed by atoms with Gasteiger partial charge in [-0.3, -0.25) is 0 Å². The Kier molecular flexibility index (Phi) is 8.70. The van der Waals surface area contributed by atoms with Gasteiger partial charge < -0.3 is 5.32 Å². The van der Waals surface area contributed by atoms with E-state index in [4.69, 9.17) is 23.2 Å². The molecule has 0 fully saturated rings. The molecule has 0 saturated carbocycles. The molecule has 1 rings (SSSR count). The Morgan fingerprint density at radius 3 is 2.24 bits per heavy atom. The minimum Gasteiger partial charge on any atom is -0.316 e. The fourth-order valence-corrected chi connectivity index (χ4v) is 3.36. The molecule has 1 aromatic carbocycles. The smallest absolute Gasteiger partial charge is 0.0453 e. The highest BCUT2D eigenvalue weighted by molar-refractivity contribution is 6.36. The lowest BCUT2D eigenvalue weighted by Crippen LogP contribution is -2.36. The SMILES string of the molecule is CCCCC(CC)(CNCCC)Cc1c(Cl)cccc1Cl. The molecule has 0 amide bonds. The van der Waals surface area contributed by atoms with Gasteiger partial charge in [-0.2, -0.15) is 0 Å². The first-order valence-electron chi connectivity index (χ1n) is 8.22. The Labute approximate surface area is 140 Å². The highest BCUT2D eigenvalue weighted by atomic mass is 35.5. The maximum Gasteiger partial charge on any atom is 0.0453 e. The van der Waals surface area contributed by atoms with Gasteiger partial charge in [0, 0.05) is 16.6 Å². The molecule has 0 aromatic heterocycles. The number of hydrogen-bond acceptors (Lipinski definition) is 1. The fraction of sp³-hybridized carbons (Fsp3) is 0.667. The molecule has 0 radical (unpaired) electrons. The summed E-state index contributed by atoms with van der Waals surface area (Å²) in [6.07, 6.45) is 6.97. The molecule has 1 nitrogen and oxygen atoms in total. The van der Waals surface area contributed by atoms with Crippen molar-refractivity contribution in [3.8, 4) is 0 Å². The van der Waals surface area contributed by atoms with Gasteiger partial charge in [0.25, 0.3) is 0 Å². The molecule has 0 aliphatic rings. The highest BCUT2D eigenvalue weighted by Crippen LogP contribution is 2.37. The van der Waals surface area contributed by atoms with E-state index in [0.717, 1.165) is 41.5 Å². The summed E-state index contributed by atoms with van der Waals surface area (Å²) in [7, 11) is 0. The minimum absolute atomic E-state index is 0.250. The van der Waals surface area contributed by atoms with Crippen LogP contribution in [0.4, 0.5) is 0 Å². The van der Waals surface area contributed by atoms with Gasteiger partial charge in [-0.15, -0.1) is 0 Å². The molecule has 1 aromatic rings. The third-order valence-corrected chi connectivity index (χ3v) is 5.06. The number of unbranched alkanes of at least 4 members (excludes halogenated alkanes) is 1. The molecular weight excluding hydrogens is 301 g/mol. The maximum absolute atomic E-state index is 6.38. The van der Waals surface area contributed by atoms with Crippen molar-refractivity contribution >= 4 is 23.2 Å². The van der Waals surface area contributed by atoms with Crippen molar-refractivity contribution in [1.82, 2.24) is 5.32 Å². The second kappa shape index (κ2) is 9.71. The van der Waals surface area contributed by atoms with Crippen molar-refractivity contribution in [3.05, 3.63) is 33.8 Å². The van der Waals surface area contributed by atoms with Crippen LogP contribution in [0.1, 0.15) is 58.4 Å². The summed E-state index contributed by atoms with van der Waals surface area (Å²) in [6.45, 7) is 8.86. The number of benzene rings is 1. The molecule has 0 bridgehead atoms. The third-order valence-electron chi connectivity index (χ3n) is 4.35. The molecule has 120 valence electrons. The van der Waals surface area contributed by atoms with Crippen molar-refractivity contribution in [2.75, 3.05) is 13.1 Å². The average molecular weight is 330 g/mol. The predicted octanol–water partition coefficient (Wildman–Crippen LogP) is 6.12. The van der Waals surface area contributed by atoms with Gasteiger partial charge in [0.2, 0.25) is 0 Å². The van der Waals surface area contributed by atoms with Crippen molar-refractivity contribution in [3.63, 3.8) is 0 Å². The van der Waals surface area contributed by atoms with Crippen LogP contribution in [-0.2, 0) is 6.42 Å². The molecule has 0 heterocycles. The van der Waals surface area contributed by atoms with Crippen LogP contribution in [0.5, 0.6) is 0 Å². The molecule has 21 heavy (non-hydrogen) atoms. The zero-order chi connectivity index (χ0) is 15.7. The minimum atomic E-state index is 0.250. The van der Waals surface area contributed by atoms with Gasteiger partial charge in [-0.05, 0) is 55.3 Å². The lowest BCUT2D eigenvalue weighted by atomic mass is 9.75. The van der Waals surface area contributed by atoms with Crippen LogP contribution in [0.3, 0.4) is 0 Å². The normalized spacial score (nSPS) is 14.1. The average Bonchev–Trinajstić information content (AvgIpc) is 2.48. The van der Waals surface area contributed by atoms with Crippen LogP contribution >= 0.6 is 23.2 Å². The standard InChI is InChI=1S/C18H29Cl2N/c1-4-7-11-18(6-3,14-21-12-5-2)13-15-16(19)9-8-10-17(15)20/h8-10,21H,4-7,11-14H2,1-3H3. The Hall–Kier alpha value is -0.240. The number of halogens is 2. The zero-order valence-corrected chi connectivity index (χ0v) is 15.2. The largest absolute Gasteiger partial charge is 0.316 e. The number of rotatable bonds is 10. The first-order chi connectivity index (χ1) is 10.1. The summed E-state index contributed by atoms with van der Waals surface area (Å²) in [5.41, 5.74) is 1.36. The molecular formula is C18H29Cl2N. The topological polar surface area (TPSA) is 12.0 Å². The Morgan fingerprint density at radius 1 is 1.05 bits per heavy atom. The van der Waals surface area contributed by atoms with Crippen molar-refractivity contribution < 1.29 is 0 Å². The second-order valence-corrected chi connectivity index (χ2v) is 6.83. The summed E-state index contributed by atoms with van der Waals surface area (Å²) in [4.78, 5) is 0. The second-order valence-electron chi connectivity index (χ2n) is 6.01. The summed E-state index contributed by atoms with van der Waals surface area (Å²) in [6, 6.07) is 5.81. The monoisotopic (exact) mass is 329 g/mol. The first-order valence-corrected chi connectivity index (χ1v) is 8.97. The Morgan fingerprint density at radius 2 is 1.71 bits per heavy atom. The molecule has 1 N–H and O–H groups in total. The van der Waals surface area contributed by atoms with Crippen LogP contribution in [-0.4, -0.2) is 13.1 Å². The Bertz CT molecular complexity index is 399. The van der Waals surface area contributed by atoms with E-state index in [1.807, 2.05) is 18.2 Å². The van der Waals surface area contributed by atoms with Crippen LogP contribution in [0, 0.1) is 5.41 Å². The zero-order valence-electron chi connectivity index (χ0n) is 13.6. The van der Waals surface area contributed by atoms with E-state index in [-0.39, 0.29) is 5.41 Å².